The molecule has 1 saturated heterocycles. The first-order chi connectivity index (χ1) is 12.8. The Morgan fingerprint density at radius 2 is 2.04 bits per heavy atom. The highest BCUT2D eigenvalue weighted by Gasteiger charge is 2.34. The normalized spacial score (nSPS) is 19.9. The molecule has 0 saturated carbocycles. The minimum absolute atomic E-state index is 0.0254. The van der Waals surface area contributed by atoms with Crippen molar-refractivity contribution in [3.63, 3.8) is 0 Å². The number of amides is 1. The van der Waals surface area contributed by atoms with Gasteiger partial charge in [-0.1, -0.05) is 6.07 Å². The van der Waals surface area contributed by atoms with Gasteiger partial charge < -0.3 is 10.6 Å². The average molecular weight is 386 g/mol. The first-order valence-electron chi connectivity index (χ1n) is 8.09. The van der Waals surface area contributed by atoms with E-state index in [1.54, 1.807) is 0 Å². The van der Waals surface area contributed by atoms with Crippen molar-refractivity contribution in [2.24, 2.45) is 0 Å². The van der Waals surface area contributed by atoms with E-state index in [9.17, 15) is 26.7 Å². The molecule has 0 bridgehead atoms. The SMILES string of the molecule is O=C(NCc1cc(-c2ccc(C(F)(F)F)c(F)c2)ncn1)C1NCCC1F. The van der Waals surface area contributed by atoms with Crippen molar-refractivity contribution in [3.8, 4) is 11.3 Å². The predicted molar refractivity (Wildman–Crippen MR) is 85.6 cm³/mol. The molecule has 2 heterocycles. The largest absolute Gasteiger partial charge is 0.419 e. The summed E-state index contributed by atoms with van der Waals surface area (Å²) in [7, 11) is 0. The zero-order valence-electron chi connectivity index (χ0n) is 13.9. The topological polar surface area (TPSA) is 66.9 Å². The van der Waals surface area contributed by atoms with Crippen molar-refractivity contribution in [2.45, 2.75) is 31.4 Å². The third kappa shape index (κ3) is 4.38. The number of carbonyl (C=O) groups is 1. The number of hydrogen-bond acceptors (Lipinski definition) is 4. The standard InChI is InChI=1S/C17H15F5N4O/c18-12-3-4-23-15(12)16(27)24-7-10-6-14(26-8-25-10)9-1-2-11(13(19)5-9)17(20,21)22/h1-2,5-6,8,12,15,23H,3-4,7H2,(H,24,27). The molecule has 1 aromatic heterocycles. The maximum atomic E-state index is 13.7. The number of benzene rings is 1. The number of rotatable bonds is 4. The first-order valence-corrected chi connectivity index (χ1v) is 8.09. The van der Waals surface area contributed by atoms with Gasteiger partial charge in [-0.2, -0.15) is 13.2 Å². The van der Waals surface area contributed by atoms with E-state index in [1.807, 2.05) is 0 Å². The Morgan fingerprint density at radius 1 is 1.26 bits per heavy atom. The fraction of sp³-hybridized carbons (Fsp3) is 0.353. The van der Waals surface area contributed by atoms with Gasteiger partial charge in [-0.25, -0.2) is 18.7 Å². The van der Waals surface area contributed by atoms with E-state index in [1.165, 1.54) is 6.07 Å². The molecule has 27 heavy (non-hydrogen) atoms. The van der Waals surface area contributed by atoms with Gasteiger partial charge in [-0.15, -0.1) is 0 Å². The highest BCUT2D eigenvalue weighted by atomic mass is 19.4. The Morgan fingerprint density at radius 3 is 2.67 bits per heavy atom. The van der Waals surface area contributed by atoms with Crippen LogP contribution in [0.1, 0.15) is 17.7 Å². The number of nitrogens with zero attached hydrogens (tertiary/aromatic N) is 2. The van der Waals surface area contributed by atoms with E-state index in [4.69, 9.17) is 0 Å². The number of aromatic nitrogens is 2. The van der Waals surface area contributed by atoms with E-state index in [-0.39, 0.29) is 24.2 Å². The van der Waals surface area contributed by atoms with E-state index < -0.39 is 35.7 Å². The van der Waals surface area contributed by atoms with Gasteiger partial charge in [-0.05, 0) is 31.2 Å². The molecule has 10 heteroatoms. The molecule has 1 aromatic carbocycles. The molecule has 3 rings (SSSR count). The van der Waals surface area contributed by atoms with Crippen LogP contribution in [0.2, 0.25) is 0 Å². The van der Waals surface area contributed by atoms with E-state index in [2.05, 4.69) is 20.6 Å². The molecule has 2 atom stereocenters. The van der Waals surface area contributed by atoms with E-state index in [0.717, 1.165) is 18.5 Å². The molecular weight excluding hydrogens is 371 g/mol. The van der Waals surface area contributed by atoms with Crippen molar-refractivity contribution in [2.75, 3.05) is 6.54 Å². The first kappa shape index (κ1) is 19.2. The maximum Gasteiger partial charge on any atom is 0.419 e. The van der Waals surface area contributed by atoms with Crippen molar-refractivity contribution >= 4 is 5.91 Å². The lowest BCUT2D eigenvalue weighted by atomic mass is 10.1. The van der Waals surface area contributed by atoms with Gasteiger partial charge in [0.1, 0.15) is 24.4 Å². The van der Waals surface area contributed by atoms with Crippen LogP contribution in [-0.2, 0) is 17.5 Å². The number of hydrogen-bond donors (Lipinski definition) is 2. The van der Waals surface area contributed by atoms with Crippen LogP contribution in [0.15, 0.2) is 30.6 Å². The number of halogens is 5. The van der Waals surface area contributed by atoms with Crippen LogP contribution < -0.4 is 10.6 Å². The minimum Gasteiger partial charge on any atom is -0.349 e. The Balaban J connectivity index is 1.72. The van der Waals surface area contributed by atoms with Gasteiger partial charge >= 0.3 is 6.18 Å². The quantitative estimate of drug-likeness (QED) is 0.793. The molecule has 144 valence electrons. The van der Waals surface area contributed by atoms with Crippen molar-refractivity contribution in [1.29, 1.82) is 0 Å². The molecule has 0 radical (unpaired) electrons. The van der Waals surface area contributed by atoms with Gasteiger partial charge in [-0.3, -0.25) is 4.79 Å². The molecule has 2 N–H and O–H groups in total. The maximum absolute atomic E-state index is 13.7. The number of nitrogens with one attached hydrogen (secondary N) is 2. The summed E-state index contributed by atoms with van der Waals surface area (Å²) in [5.74, 6) is -1.92. The van der Waals surface area contributed by atoms with Crippen LogP contribution in [-0.4, -0.2) is 34.6 Å². The Labute approximate surface area is 151 Å². The summed E-state index contributed by atoms with van der Waals surface area (Å²) in [6.45, 7) is 0.388. The summed E-state index contributed by atoms with van der Waals surface area (Å²) in [6, 6.07) is 2.98. The van der Waals surface area contributed by atoms with Crippen LogP contribution in [0.25, 0.3) is 11.3 Å². The monoisotopic (exact) mass is 386 g/mol. The van der Waals surface area contributed by atoms with E-state index >= 15 is 0 Å². The molecule has 1 aliphatic rings. The smallest absolute Gasteiger partial charge is 0.349 e. The summed E-state index contributed by atoms with van der Waals surface area (Å²) < 4.78 is 65.2. The van der Waals surface area contributed by atoms with Gasteiger partial charge in [0.15, 0.2) is 0 Å². The van der Waals surface area contributed by atoms with Gasteiger partial charge in [0.05, 0.1) is 23.5 Å². The van der Waals surface area contributed by atoms with E-state index in [0.29, 0.717) is 18.3 Å². The third-order valence-corrected chi connectivity index (χ3v) is 4.17. The molecule has 2 unspecified atom stereocenters. The minimum atomic E-state index is -4.79. The molecule has 1 aliphatic heterocycles. The summed E-state index contributed by atoms with van der Waals surface area (Å²) in [5, 5.41) is 5.29. The second-order valence-corrected chi connectivity index (χ2v) is 6.04. The van der Waals surface area contributed by atoms with Crippen LogP contribution in [0.3, 0.4) is 0 Å². The Hall–Kier alpha value is -2.62. The number of alkyl halides is 4. The van der Waals surface area contributed by atoms with Crippen molar-refractivity contribution < 1.29 is 26.7 Å². The number of carbonyl (C=O) groups excluding carboxylic acids is 1. The summed E-state index contributed by atoms with van der Waals surface area (Å²) >= 11 is 0. The lowest BCUT2D eigenvalue weighted by molar-refractivity contribution is -0.140. The molecule has 0 spiro atoms. The van der Waals surface area contributed by atoms with Gasteiger partial charge in [0, 0.05) is 5.56 Å². The lowest BCUT2D eigenvalue weighted by Crippen LogP contribution is -2.44. The highest BCUT2D eigenvalue weighted by molar-refractivity contribution is 5.82. The molecule has 0 aliphatic carbocycles. The van der Waals surface area contributed by atoms with Gasteiger partial charge in [0.25, 0.3) is 0 Å². The molecule has 5 nitrogen and oxygen atoms in total. The molecule has 2 aromatic rings. The van der Waals surface area contributed by atoms with Crippen LogP contribution in [0.5, 0.6) is 0 Å². The van der Waals surface area contributed by atoms with Gasteiger partial charge in [0.2, 0.25) is 5.91 Å². The van der Waals surface area contributed by atoms with Crippen LogP contribution in [0, 0.1) is 5.82 Å². The fourth-order valence-electron chi connectivity index (χ4n) is 2.77. The molecule has 1 fully saturated rings. The average Bonchev–Trinajstić information content (AvgIpc) is 3.05. The third-order valence-electron chi connectivity index (χ3n) is 4.17. The Bertz CT molecular complexity index is 842. The summed E-state index contributed by atoms with van der Waals surface area (Å²) in [4.78, 5) is 19.8. The second-order valence-electron chi connectivity index (χ2n) is 6.04. The fourth-order valence-corrected chi connectivity index (χ4v) is 2.77. The van der Waals surface area contributed by atoms with Crippen molar-refractivity contribution in [1.82, 2.24) is 20.6 Å². The zero-order valence-corrected chi connectivity index (χ0v) is 13.9. The molecule has 1 amide bonds. The lowest BCUT2D eigenvalue weighted by Gasteiger charge is -2.13. The summed E-state index contributed by atoms with van der Waals surface area (Å²) in [5.41, 5.74) is -0.680. The molecular formula is C17H15F5N4O. The predicted octanol–water partition coefficient (Wildman–Crippen LogP) is 2.62. The highest BCUT2D eigenvalue weighted by Crippen LogP contribution is 2.33. The van der Waals surface area contributed by atoms with Crippen LogP contribution >= 0.6 is 0 Å². The van der Waals surface area contributed by atoms with Crippen molar-refractivity contribution in [3.05, 3.63) is 47.7 Å². The Kier molecular flexibility index (Phi) is 5.36. The van der Waals surface area contributed by atoms with Crippen LogP contribution in [0.4, 0.5) is 22.0 Å². The summed E-state index contributed by atoms with van der Waals surface area (Å²) in [6.07, 6.45) is -4.64. The zero-order chi connectivity index (χ0) is 19.6. The second kappa shape index (κ2) is 7.55.